The van der Waals surface area contributed by atoms with Crippen LogP contribution in [0.15, 0.2) is 59.4 Å². The highest BCUT2D eigenvalue weighted by atomic mass is 16.5. The maximum absolute atomic E-state index is 13.2. The number of ether oxygens (including phenoxy) is 1. The van der Waals surface area contributed by atoms with E-state index in [0.717, 1.165) is 11.1 Å². The maximum atomic E-state index is 13.2. The lowest BCUT2D eigenvalue weighted by atomic mass is 10.0. The maximum Gasteiger partial charge on any atom is 0.242 e. The molecule has 0 saturated carbocycles. The Balaban J connectivity index is 2.25. The van der Waals surface area contributed by atoms with Gasteiger partial charge >= 0.3 is 0 Å². The van der Waals surface area contributed by atoms with Gasteiger partial charge in [-0.1, -0.05) is 30.3 Å². The van der Waals surface area contributed by atoms with Crippen molar-refractivity contribution in [3.63, 3.8) is 0 Å². The molecule has 156 valence electrons. The molecule has 0 radical (unpaired) electrons. The van der Waals surface area contributed by atoms with E-state index in [9.17, 15) is 9.59 Å². The summed E-state index contributed by atoms with van der Waals surface area (Å²) in [5, 5.41) is 3.08. The van der Waals surface area contributed by atoms with Crippen molar-refractivity contribution in [1.82, 2.24) is 10.2 Å². The first-order valence-corrected chi connectivity index (χ1v) is 9.64. The molecule has 0 aliphatic heterocycles. The summed E-state index contributed by atoms with van der Waals surface area (Å²) in [4.78, 5) is 25.5. The summed E-state index contributed by atoms with van der Waals surface area (Å²) in [6, 6.07) is 11.4. The average molecular weight is 399 g/mol. The van der Waals surface area contributed by atoms with Crippen molar-refractivity contribution in [3.05, 3.63) is 71.9 Å². The third-order valence-electron chi connectivity index (χ3n) is 4.20. The largest absolute Gasteiger partial charge is 0.494 e. The van der Waals surface area contributed by atoms with Crippen molar-refractivity contribution in [1.29, 1.82) is 0 Å². The molecule has 1 atom stereocenters. The topological polar surface area (TPSA) is 71.8 Å². The number of allylic oxidation sites excluding steroid dienone is 1. The monoisotopic (exact) mass is 398 g/mol. The SMILES string of the molecule is CN(Cc1ccccc1)C(C(=O)NC(C)(C)C)c1ccoc1C/C=C\OCC=O. The summed E-state index contributed by atoms with van der Waals surface area (Å²) >= 11 is 0. The molecule has 0 aliphatic rings. The van der Waals surface area contributed by atoms with Gasteiger partial charge in [0.1, 0.15) is 18.4 Å². The molecule has 0 aliphatic carbocycles. The van der Waals surface area contributed by atoms with Gasteiger partial charge in [-0.25, -0.2) is 0 Å². The van der Waals surface area contributed by atoms with Crippen LogP contribution in [0.3, 0.4) is 0 Å². The number of furan rings is 1. The first kappa shape index (κ1) is 22.4. The van der Waals surface area contributed by atoms with E-state index >= 15 is 0 Å². The molecule has 29 heavy (non-hydrogen) atoms. The molecule has 0 saturated heterocycles. The third kappa shape index (κ3) is 7.23. The quantitative estimate of drug-likeness (QED) is 0.376. The van der Waals surface area contributed by atoms with Gasteiger partial charge in [-0.15, -0.1) is 0 Å². The van der Waals surface area contributed by atoms with Gasteiger partial charge in [0.15, 0.2) is 6.29 Å². The number of aldehydes is 1. The summed E-state index contributed by atoms with van der Waals surface area (Å²) in [6.45, 7) is 6.51. The van der Waals surface area contributed by atoms with E-state index in [1.807, 2.05) is 69.1 Å². The summed E-state index contributed by atoms with van der Waals surface area (Å²) in [5.41, 5.74) is 1.58. The van der Waals surface area contributed by atoms with Gasteiger partial charge in [0, 0.05) is 24.1 Å². The minimum atomic E-state index is -0.507. The van der Waals surface area contributed by atoms with E-state index in [4.69, 9.17) is 9.15 Å². The molecule has 6 nitrogen and oxygen atoms in total. The highest BCUT2D eigenvalue weighted by Gasteiger charge is 2.31. The first-order chi connectivity index (χ1) is 13.8. The Hall–Kier alpha value is -2.86. The number of hydrogen-bond donors (Lipinski definition) is 1. The standard InChI is InChI=1S/C23H30N2O4/c1-23(2,3)24-22(27)21(25(4)17-18-9-6-5-7-10-18)19-12-15-29-20(19)11-8-14-28-16-13-26/h5-10,12-15,21H,11,16-17H2,1-4H3,(H,24,27)/b14-8-. The highest BCUT2D eigenvalue weighted by molar-refractivity contribution is 5.84. The average Bonchev–Trinajstić information content (AvgIpc) is 3.09. The second kappa shape index (κ2) is 10.6. The number of likely N-dealkylation sites (N-methyl/N-ethyl adjacent to an activating group) is 1. The molecule has 2 aromatic rings. The van der Waals surface area contributed by atoms with E-state index in [2.05, 4.69) is 5.32 Å². The van der Waals surface area contributed by atoms with E-state index in [1.165, 1.54) is 6.26 Å². The molecule has 1 aromatic heterocycles. The van der Waals surface area contributed by atoms with Gasteiger partial charge in [0.25, 0.3) is 0 Å². The Kier molecular flexibility index (Phi) is 8.21. The Morgan fingerprint density at radius 3 is 2.62 bits per heavy atom. The van der Waals surface area contributed by atoms with Gasteiger partial charge in [-0.3, -0.25) is 14.5 Å². The molecule has 1 aromatic carbocycles. The predicted octanol–water partition coefficient (Wildman–Crippen LogP) is 3.64. The second-order valence-corrected chi connectivity index (χ2v) is 7.92. The van der Waals surface area contributed by atoms with Crippen LogP contribution in [-0.2, 0) is 27.3 Å². The molecular formula is C23H30N2O4. The fourth-order valence-corrected chi connectivity index (χ4v) is 3.06. The second-order valence-electron chi connectivity index (χ2n) is 7.92. The number of hydrogen-bond acceptors (Lipinski definition) is 5. The third-order valence-corrected chi connectivity index (χ3v) is 4.20. The van der Waals surface area contributed by atoms with Crippen LogP contribution in [0.4, 0.5) is 0 Å². The molecule has 1 unspecified atom stereocenters. The lowest BCUT2D eigenvalue weighted by Gasteiger charge is -2.31. The van der Waals surface area contributed by atoms with E-state index < -0.39 is 6.04 Å². The number of rotatable bonds is 10. The minimum absolute atomic E-state index is 0.0118. The van der Waals surface area contributed by atoms with Crippen LogP contribution in [0.1, 0.15) is 43.7 Å². The summed E-state index contributed by atoms with van der Waals surface area (Å²) < 4.78 is 10.7. The van der Waals surface area contributed by atoms with Gasteiger partial charge in [-0.2, -0.15) is 0 Å². The highest BCUT2D eigenvalue weighted by Crippen LogP contribution is 2.27. The number of amides is 1. The Bertz CT molecular complexity index is 806. The number of carbonyl (C=O) groups is 2. The lowest BCUT2D eigenvalue weighted by molar-refractivity contribution is -0.128. The van der Waals surface area contributed by atoms with Crippen molar-refractivity contribution in [3.8, 4) is 0 Å². The Labute approximate surface area is 172 Å². The van der Waals surface area contributed by atoms with Gasteiger partial charge in [0.2, 0.25) is 5.91 Å². The molecule has 0 fully saturated rings. The van der Waals surface area contributed by atoms with Gasteiger partial charge in [-0.05, 0) is 45.5 Å². The molecule has 1 amide bonds. The smallest absolute Gasteiger partial charge is 0.242 e. The molecular weight excluding hydrogens is 368 g/mol. The molecule has 6 heteroatoms. The summed E-state index contributed by atoms with van der Waals surface area (Å²) in [5.74, 6) is 0.602. The number of nitrogens with zero attached hydrogens (tertiary/aromatic N) is 1. The number of benzene rings is 1. The normalized spacial score (nSPS) is 12.9. The zero-order valence-corrected chi connectivity index (χ0v) is 17.6. The lowest BCUT2D eigenvalue weighted by Crippen LogP contribution is -2.47. The molecule has 1 N–H and O–H groups in total. The van der Waals surface area contributed by atoms with Crippen molar-refractivity contribution < 1.29 is 18.7 Å². The first-order valence-electron chi connectivity index (χ1n) is 9.64. The van der Waals surface area contributed by atoms with Crippen LogP contribution in [-0.4, -0.2) is 36.3 Å². The zero-order valence-electron chi connectivity index (χ0n) is 17.6. The van der Waals surface area contributed by atoms with Crippen LogP contribution < -0.4 is 5.32 Å². The molecule has 0 spiro atoms. The van der Waals surface area contributed by atoms with E-state index in [0.29, 0.717) is 25.0 Å². The Morgan fingerprint density at radius 1 is 1.24 bits per heavy atom. The van der Waals surface area contributed by atoms with Gasteiger partial charge in [0.05, 0.1) is 12.5 Å². The summed E-state index contributed by atoms with van der Waals surface area (Å²) in [6.07, 6.45) is 5.98. The van der Waals surface area contributed by atoms with Crippen molar-refractivity contribution in [2.24, 2.45) is 0 Å². The fourth-order valence-electron chi connectivity index (χ4n) is 3.06. The van der Waals surface area contributed by atoms with Crippen LogP contribution >= 0.6 is 0 Å². The van der Waals surface area contributed by atoms with E-state index in [-0.39, 0.29) is 18.1 Å². The van der Waals surface area contributed by atoms with Crippen LogP contribution in [0.25, 0.3) is 0 Å². The minimum Gasteiger partial charge on any atom is -0.494 e. The number of nitrogens with one attached hydrogen (secondary N) is 1. The van der Waals surface area contributed by atoms with Crippen LogP contribution in [0.5, 0.6) is 0 Å². The molecule has 2 rings (SSSR count). The number of carbonyl (C=O) groups excluding carboxylic acids is 2. The van der Waals surface area contributed by atoms with Crippen LogP contribution in [0, 0.1) is 0 Å². The van der Waals surface area contributed by atoms with Crippen LogP contribution in [0.2, 0.25) is 0 Å². The Morgan fingerprint density at radius 2 is 1.97 bits per heavy atom. The molecule has 1 heterocycles. The fraction of sp³-hybridized carbons (Fsp3) is 0.391. The van der Waals surface area contributed by atoms with E-state index in [1.54, 1.807) is 12.3 Å². The summed E-state index contributed by atoms with van der Waals surface area (Å²) in [7, 11) is 1.93. The molecule has 0 bridgehead atoms. The van der Waals surface area contributed by atoms with Crippen molar-refractivity contribution in [2.75, 3.05) is 13.7 Å². The van der Waals surface area contributed by atoms with Gasteiger partial charge < -0.3 is 14.5 Å². The van der Waals surface area contributed by atoms with Crippen molar-refractivity contribution in [2.45, 2.75) is 45.3 Å². The van der Waals surface area contributed by atoms with Crippen molar-refractivity contribution >= 4 is 12.2 Å². The predicted molar refractivity (Wildman–Crippen MR) is 112 cm³/mol. The zero-order chi connectivity index (χ0) is 21.3.